The van der Waals surface area contributed by atoms with E-state index in [1.807, 2.05) is 24.3 Å². The third-order valence-electron chi connectivity index (χ3n) is 1.84. The van der Waals surface area contributed by atoms with Crippen molar-refractivity contribution >= 4 is 21.8 Å². The van der Waals surface area contributed by atoms with Gasteiger partial charge in [-0.25, -0.2) is 0 Å². The molecule has 0 fully saturated rings. The van der Waals surface area contributed by atoms with Gasteiger partial charge in [0.15, 0.2) is 0 Å². The second-order valence-corrected chi connectivity index (χ2v) is 4.06. The van der Waals surface area contributed by atoms with E-state index in [-0.39, 0.29) is 19.3 Å². The molecular weight excluding hydrogens is 260 g/mol. The van der Waals surface area contributed by atoms with Crippen molar-refractivity contribution in [1.82, 2.24) is 0 Å². The molecule has 1 atom stereocenters. The van der Waals surface area contributed by atoms with Gasteiger partial charge in [0.05, 0.1) is 12.6 Å². The quantitative estimate of drug-likeness (QED) is 0.838. The Balaban J connectivity index is 2.43. The Morgan fingerprint density at radius 3 is 2.53 bits per heavy atom. The maximum absolute atomic E-state index is 10.4. The predicted octanol–water partition coefficient (Wildman–Crippen LogP) is 0.951. The average Bonchev–Trinajstić information content (AvgIpc) is 2.18. The molecule has 1 aromatic rings. The van der Waals surface area contributed by atoms with Gasteiger partial charge in [0.2, 0.25) is 5.91 Å². The van der Waals surface area contributed by atoms with Gasteiger partial charge in [0.25, 0.3) is 0 Å². The lowest BCUT2D eigenvalue weighted by Crippen LogP contribution is -2.23. The molecule has 5 heteroatoms. The Kier molecular flexibility index (Phi) is 4.74. The van der Waals surface area contributed by atoms with Gasteiger partial charge in [-0.2, -0.15) is 0 Å². The lowest BCUT2D eigenvalue weighted by atomic mass is 10.1. The van der Waals surface area contributed by atoms with Gasteiger partial charge in [0, 0.05) is 4.47 Å². The minimum absolute atomic E-state index is 0.0930. The smallest absolute Gasteiger partial charge is 0.243 e. The molecule has 0 aliphatic heterocycles. The van der Waals surface area contributed by atoms with E-state index >= 15 is 0 Å². The van der Waals surface area contributed by atoms with Crippen molar-refractivity contribution in [3.63, 3.8) is 0 Å². The van der Waals surface area contributed by atoms with Crippen molar-refractivity contribution in [2.45, 2.75) is 6.04 Å². The molecule has 0 spiro atoms. The minimum Gasteiger partial charge on any atom is -0.370 e. The SMILES string of the molecule is NC(=O)COCC(N)c1ccc(Br)cc1. The number of hydrogen-bond acceptors (Lipinski definition) is 3. The number of nitrogens with two attached hydrogens (primary N) is 2. The Morgan fingerprint density at radius 1 is 1.40 bits per heavy atom. The number of primary amides is 1. The van der Waals surface area contributed by atoms with Crippen LogP contribution in [0.3, 0.4) is 0 Å². The normalized spacial score (nSPS) is 12.4. The molecule has 0 heterocycles. The van der Waals surface area contributed by atoms with E-state index < -0.39 is 5.91 Å². The summed E-state index contributed by atoms with van der Waals surface area (Å²) in [5, 5.41) is 0. The van der Waals surface area contributed by atoms with Crippen LogP contribution in [-0.4, -0.2) is 19.1 Å². The Morgan fingerprint density at radius 2 is 2.00 bits per heavy atom. The van der Waals surface area contributed by atoms with Gasteiger partial charge in [-0.15, -0.1) is 0 Å². The maximum atomic E-state index is 10.4. The fourth-order valence-electron chi connectivity index (χ4n) is 1.09. The molecule has 4 N–H and O–H groups in total. The van der Waals surface area contributed by atoms with Crippen LogP contribution < -0.4 is 11.5 Å². The molecule has 0 aliphatic rings. The second kappa shape index (κ2) is 5.85. The van der Waals surface area contributed by atoms with Crippen LogP contribution in [0.2, 0.25) is 0 Å². The number of carbonyl (C=O) groups is 1. The Hall–Kier alpha value is -0.910. The van der Waals surface area contributed by atoms with Crippen LogP contribution in [-0.2, 0) is 9.53 Å². The van der Waals surface area contributed by atoms with Gasteiger partial charge in [0.1, 0.15) is 6.61 Å². The molecule has 0 saturated heterocycles. The number of ether oxygens (including phenoxy) is 1. The molecule has 0 saturated carbocycles. The van der Waals surface area contributed by atoms with E-state index in [1.165, 1.54) is 0 Å². The van der Waals surface area contributed by atoms with E-state index in [0.717, 1.165) is 10.0 Å². The Labute approximate surface area is 96.7 Å². The van der Waals surface area contributed by atoms with Crippen molar-refractivity contribution in [2.24, 2.45) is 11.5 Å². The lowest BCUT2D eigenvalue weighted by Gasteiger charge is -2.11. The third-order valence-corrected chi connectivity index (χ3v) is 2.37. The second-order valence-electron chi connectivity index (χ2n) is 3.14. The molecule has 82 valence electrons. The third kappa shape index (κ3) is 4.42. The van der Waals surface area contributed by atoms with E-state index in [9.17, 15) is 4.79 Å². The number of hydrogen-bond donors (Lipinski definition) is 2. The first-order valence-electron chi connectivity index (χ1n) is 4.46. The van der Waals surface area contributed by atoms with Crippen molar-refractivity contribution in [3.8, 4) is 0 Å². The van der Waals surface area contributed by atoms with E-state index in [2.05, 4.69) is 15.9 Å². The van der Waals surface area contributed by atoms with Crippen LogP contribution in [0, 0.1) is 0 Å². The summed E-state index contributed by atoms with van der Waals surface area (Å²) in [7, 11) is 0. The number of benzene rings is 1. The summed E-state index contributed by atoms with van der Waals surface area (Å²) in [5.74, 6) is -0.488. The molecule has 0 radical (unpaired) electrons. The largest absolute Gasteiger partial charge is 0.370 e. The molecule has 0 aliphatic carbocycles. The highest BCUT2D eigenvalue weighted by molar-refractivity contribution is 9.10. The van der Waals surface area contributed by atoms with Crippen molar-refractivity contribution in [2.75, 3.05) is 13.2 Å². The highest BCUT2D eigenvalue weighted by Gasteiger charge is 2.06. The molecule has 1 aromatic carbocycles. The molecule has 1 rings (SSSR count). The summed E-state index contributed by atoms with van der Waals surface area (Å²) in [4.78, 5) is 10.4. The topological polar surface area (TPSA) is 78.3 Å². The van der Waals surface area contributed by atoms with Gasteiger partial charge >= 0.3 is 0 Å². The zero-order chi connectivity index (χ0) is 11.3. The zero-order valence-corrected chi connectivity index (χ0v) is 9.74. The molecule has 1 amide bonds. The number of rotatable bonds is 5. The first-order valence-corrected chi connectivity index (χ1v) is 5.26. The van der Waals surface area contributed by atoms with E-state index in [4.69, 9.17) is 16.2 Å². The molecule has 0 bridgehead atoms. The Bertz CT molecular complexity index is 327. The number of halogens is 1. The number of amides is 1. The van der Waals surface area contributed by atoms with Gasteiger partial charge in [-0.1, -0.05) is 28.1 Å². The molecule has 4 nitrogen and oxygen atoms in total. The van der Waals surface area contributed by atoms with Gasteiger partial charge in [-0.05, 0) is 17.7 Å². The summed E-state index contributed by atoms with van der Waals surface area (Å²) >= 11 is 3.33. The highest BCUT2D eigenvalue weighted by Crippen LogP contribution is 2.15. The van der Waals surface area contributed by atoms with Gasteiger partial charge < -0.3 is 16.2 Å². The van der Waals surface area contributed by atoms with Crippen LogP contribution >= 0.6 is 15.9 Å². The van der Waals surface area contributed by atoms with Crippen LogP contribution in [0.4, 0.5) is 0 Å². The summed E-state index contributed by atoms with van der Waals surface area (Å²) in [6.45, 7) is 0.189. The van der Waals surface area contributed by atoms with Crippen LogP contribution in [0.5, 0.6) is 0 Å². The van der Waals surface area contributed by atoms with Crippen molar-refractivity contribution < 1.29 is 9.53 Å². The van der Waals surface area contributed by atoms with Crippen LogP contribution in [0.1, 0.15) is 11.6 Å². The van der Waals surface area contributed by atoms with Crippen LogP contribution in [0.15, 0.2) is 28.7 Å². The fraction of sp³-hybridized carbons (Fsp3) is 0.300. The fourth-order valence-corrected chi connectivity index (χ4v) is 1.36. The minimum atomic E-state index is -0.488. The average molecular weight is 273 g/mol. The summed E-state index contributed by atoms with van der Waals surface area (Å²) in [6.07, 6.45) is 0. The van der Waals surface area contributed by atoms with E-state index in [1.54, 1.807) is 0 Å². The standard InChI is InChI=1S/C10H13BrN2O2/c11-8-3-1-7(2-4-8)9(12)5-15-6-10(13)14/h1-4,9H,5-6,12H2,(H2,13,14). The van der Waals surface area contributed by atoms with E-state index in [0.29, 0.717) is 0 Å². The summed E-state index contributed by atoms with van der Waals surface area (Å²) < 4.78 is 6.03. The lowest BCUT2D eigenvalue weighted by molar-refractivity contribution is -0.122. The van der Waals surface area contributed by atoms with Gasteiger partial charge in [-0.3, -0.25) is 4.79 Å². The highest BCUT2D eigenvalue weighted by atomic mass is 79.9. The predicted molar refractivity (Wildman–Crippen MR) is 61.1 cm³/mol. The first kappa shape index (κ1) is 12.2. The molecule has 1 unspecified atom stereocenters. The van der Waals surface area contributed by atoms with Crippen molar-refractivity contribution in [1.29, 1.82) is 0 Å². The number of carbonyl (C=O) groups excluding carboxylic acids is 1. The maximum Gasteiger partial charge on any atom is 0.243 e. The monoisotopic (exact) mass is 272 g/mol. The molecule has 0 aromatic heterocycles. The zero-order valence-electron chi connectivity index (χ0n) is 8.15. The molecular formula is C10H13BrN2O2. The molecule has 15 heavy (non-hydrogen) atoms. The first-order chi connectivity index (χ1) is 7.09. The summed E-state index contributed by atoms with van der Waals surface area (Å²) in [5.41, 5.74) is 11.7. The van der Waals surface area contributed by atoms with Crippen molar-refractivity contribution in [3.05, 3.63) is 34.3 Å². The summed E-state index contributed by atoms with van der Waals surface area (Å²) in [6, 6.07) is 7.38. The van der Waals surface area contributed by atoms with Crippen LogP contribution in [0.25, 0.3) is 0 Å².